The van der Waals surface area contributed by atoms with Crippen LogP contribution in [0.4, 0.5) is 0 Å². The van der Waals surface area contributed by atoms with Crippen molar-refractivity contribution < 1.29 is 4.79 Å². The number of carbonyl (C=O) groups excluding carboxylic acids is 1. The van der Waals surface area contributed by atoms with Crippen molar-refractivity contribution in [2.75, 3.05) is 6.54 Å². The molecule has 0 spiro atoms. The van der Waals surface area contributed by atoms with Gasteiger partial charge in [0.15, 0.2) is 0 Å². The van der Waals surface area contributed by atoms with E-state index in [-0.39, 0.29) is 18.0 Å². The molecule has 0 bridgehead atoms. The summed E-state index contributed by atoms with van der Waals surface area (Å²) >= 11 is 0. The first-order valence-corrected chi connectivity index (χ1v) is 6.96. The summed E-state index contributed by atoms with van der Waals surface area (Å²) in [6, 6.07) is 8.73. The number of nitrogens with one attached hydrogen (secondary N) is 2. The van der Waals surface area contributed by atoms with Crippen molar-refractivity contribution in [2.45, 2.75) is 44.2 Å². The molecule has 3 rings (SSSR count). The van der Waals surface area contributed by atoms with Crippen molar-refractivity contribution in [1.29, 1.82) is 0 Å². The lowest BCUT2D eigenvalue weighted by molar-refractivity contribution is -0.123. The van der Waals surface area contributed by atoms with Crippen LogP contribution in [0.15, 0.2) is 24.3 Å². The Balaban J connectivity index is 1.72. The summed E-state index contributed by atoms with van der Waals surface area (Å²) in [4.78, 5) is 12.1. The van der Waals surface area contributed by atoms with Gasteiger partial charge in [0.05, 0.1) is 12.1 Å². The molecule has 18 heavy (non-hydrogen) atoms. The highest BCUT2D eigenvalue weighted by Crippen LogP contribution is 2.29. The smallest absolute Gasteiger partial charge is 0.237 e. The fourth-order valence-electron chi connectivity index (χ4n) is 3.08. The zero-order chi connectivity index (χ0) is 12.4. The Morgan fingerprint density at radius 2 is 2.11 bits per heavy atom. The Morgan fingerprint density at radius 1 is 1.22 bits per heavy atom. The second-order valence-electron chi connectivity index (χ2n) is 5.30. The van der Waals surface area contributed by atoms with Crippen LogP contribution in [0.5, 0.6) is 0 Å². The molecule has 0 saturated carbocycles. The van der Waals surface area contributed by atoms with Gasteiger partial charge < -0.3 is 10.6 Å². The fourth-order valence-corrected chi connectivity index (χ4v) is 3.08. The Kier molecular flexibility index (Phi) is 3.33. The van der Waals surface area contributed by atoms with Crippen LogP contribution in [0.25, 0.3) is 0 Å². The summed E-state index contributed by atoms with van der Waals surface area (Å²) < 4.78 is 0. The third kappa shape index (κ3) is 2.27. The van der Waals surface area contributed by atoms with Gasteiger partial charge in [-0.2, -0.15) is 0 Å². The van der Waals surface area contributed by atoms with E-state index in [1.54, 1.807) is 0 Å². The molecule has 1 aromatic rings. The molecule has 0 radical (unpaired) electrons. The number of aryl methyl sites for hydroxylation is 1. The minimum absolute atomic E-state index is 0.0269. The zero-order valence-electron chi connectivity index (χ0n) is 10.6. The highest BCUT2D eigenvalue weighted by molar-refractivity contribution is 5.82. The summed E-state index contributed by atoms with van der Waals surface area (Å²) in [5.74, 6) is 0.175. The molecule has 0 aromatic heterocycles. The largest absolute Gasteiger partial charge is 0.348 e. The Labute approximate surface area is 108 Å². The van der Waals surface area contributed by atoms with Crippen LogP contribution in [-0.4, -0.2) is 18.5 Å². The van der Waals surface area contributed by atoms with E-state index in [9.17, 15) is 4.79 Å². The molecule has 1 saturated heterocycles. The van der Waals surface area contributed by atoms with Crippen molar-refractivity contribution in [3.05, 3.63) is 35.4 Å². The number of benzene rings is 1. The molecule has 3 heteroatoms. The van der Waals surface area contributed by atoms with E-state index in [4.69, 9.17) is 0 Å². The van der Waals surface area contributed by atoms with Crippen LogP contribution in [0.3, 0.4) is 0 Å². The number of hydrogen-bond acceptors (Lipinski definition) is 2. The van der Waals surface area contributed by atoms with Crippen molar-refractivity contribution >= 4 is 5.91 Å². The molecule has 2 N–H and O–H groups in total. The number of fused-ring (bicyclic) bond motifs is 1. The van der Waals surface area contributed by atoms with Crippen LogP contribution in [-0.2, 0) is 11.2 Å². The van der Waals surface area contributed by atoms with E-state index < -0.39 is 0 Å². The monoisotopic (exact) mass is 244 g/mol. The van der Waals surface area contributed by atoms with Gasteiger partial charge in [-0.1, -0.05) is 24.3 Å². The van der Waals surface area contributed by atoms with E-state index in [0.29, 0.717) is 0 Å². The minimum atomic E-state index is 0.0269. The van der Waals surface area contributed by atoms with Gasteiger partial charge in [-0.25, -0.2) is 0 Å². The standard InChI is InChI=1S/C15H20N2O/c18-15(14-9-4-10-16-14)17-13-8-3-6-11-5-1-2-7-12(11)13/h1-2,5,7,13-14,16H,3-4,6,8-10H2,(H,17,18)/t13-,14-/m1/s1. The molecular weight excluding hydrogens is 224 g/mol. The predicted octanol–water partition coefficient (Wildman–Crippen LogP) is 1.93. The first-order valence-electron chi connectivity index (χ1n) is 6.96. The molecule has 2 aliphatic rings. The van der Waals surface area contributed by atoms with Crippen LogP contribution < -0.4 is 10.6 Å². The summed E-state index contributed by atoms with van der Waals surface area (Å²) in [5, 5.41) is 6.47. The van der Waals surface area contributed by atoms with Gasteiger partial charge in [0, 0.05) is 0 Å². The van der Waals surface area contributed by atoms with Crippen LogP contribution >= 0.6 is 0 Å². The van der Waals surface area contributed by atoms with E-state index in [1.807, 2.05) is 0 Å². The first kappa shape index (κ1) is 11.7. The average molecular weight is 244 g/mol. The molecule has 96 valence electrons. The molecule has 0 unspecified atom stereocenters. The molecule has 1 aliphatic heterocycles. The molecular formula is C15H20N2O. The van der Waals surface area contributed by atoms with E-state index in [2.05, 4.69) is 34.9 Å². The predicted molar refractivity (Wildman–Crippen MR) is 71.3 cm³/mol. The molecule has 1 aromatic carbocycles. The molecule has 1 fully saturated rings. The summed E-state index contributed by atoms with van der Waals surface area (Å²) in [5.41, 5.74) is 2.71. The summed E-state index contributed by atoms with van der Waals surface area (Å²) in [7, 11) is 0. The van der Waals surface area contributed by atoms with Gasteiger partial charge in [-0.15, -0.1) is 0 Å². The Bertz CT molecular complexity index is 438. The number of rotatable bonds is 2. The van der Waals surface area contributed by atoms with Crippen molar-refractivity contribution in [3.63, 3.8) is 0 Å². The lowest BCUT2D eigenvalue weighted by atomic mass is 9.87. The highest BCUT2D eigenvalue weighted by atomic mass is 16.2. The van der Waals surface area contributed by atoms with Crippen molar-refractivity contribution in [2.24, 2.45) is 0 Å². The topological polar surface area (TPSA) is 41.1 Å². The minimum Gasteiger partial charge on any atom is -0.348 e. The van der Waals surface area contributed by atoms with Gasteiger partial charge in [-0.05, 0) is 49.8 Å². The van der Waals surface area contributed by atoms with Gasteiger partial charge in [-0.3, -0.25) is 4.79 Å². The maximum Gasteiger partial charge on any atom is 0.237 e. The molecule has 1 heterocycles. The van der Waals surface area contributed by atoms with Gasteiger partial charge >= 0.3 is 0 Å². The lowest BCUT2D eigenvalue weighted by Gasteiger charge is -2.27. The van der Waals surface area contributed by atoms with Gasteiger partial charge in [0.25, 0.3) is 0 Å². The van der Waals surface area contributed by atoms with E-state index in [1.165, 1.54) is 17.5 Å². The normalized spacial score (nSPS) is 26.7. The Morgan fingerprint density at radius 3 is 2.94 bits per heavy atom. The van der Waals surface area contributed by atoms with Crippen molar-refractivity contribution in [3.8, 4) is 0 Å². The van der Waals surface area contributed by atoms with Crippen molar-refractivity contribution in [1.82, 2.24) is 10.6 Å². The van der Waals surface area contributed by atoms with Crippen LogP contribution in [0.2, 0.25) is 0 Å². The van der Waals surface area contributed by atoms with Gasteiger partial charge in [0.1, 0.15) is 0 Å². The number of hydrogen-bond donors (Lipinski definition) is 2. The van der Waals surface area contributed by atoms with Crippen LogP contribution in [0.1, 0.15) is 42.9 Å². The lowest BCUT2D eigenvalue weighted by Crippen LogP contribution is -2.42. The molecule has 1 aliphatic carbocycles. The average Bonchev–Trinajstić information content (AvgIpc) is 2.93. The number of carbonyl (C=O) groups is 1. The second kappa shape index (κ2) is 5.11. The maximum absolute atomic E-state index is 12.1. The first-order chi connectivity index (χ1) is 8.84. The second-order valence-corrected chi connectivity index (χ2v) is 5.30. The summed E-state index contributed by atoms with van der Waals surface area (Å²) in [6.07, 6.45) is 5.46. The maximum atomic E-state index is 12.1. The summed E-state index contributed by atoms with van der Waals surface area (Å²) in [6.45, 7) is 0.972. The molecule has 2 atom stereocenters. The Hall–Kier alpha value is -1.35. The third-order valence-electron chi connectivity index (χ3n) is 4.06. The SMILES string of the molecule is O=C(N[C@@H]1CCCc2ccccc21)[C@H]1CCCN1. The third-order valence-corrected chi connectivity index (χ3v) is 4.06. The number of amides is 1. The molecule has 1 amide bonds. The van der Waals surface area contributed by atoms with Crippen LogP contribution in [0, 0.1) is 0 Å². The zero-order valence-corrected chi connectivity index (χ0v) is 10.6. The quantitative estimate of drug-likeness (QED) is 0.834. The fraction of sp³-hybridized carbons (Fsp3) is 0.533. The molecule has 3 nitrogen and oxygen atoms in total. The van der Waals surface area contributed by atoms with Gasteiger partial charge in [0.2, 0.25) is 5.91 Å². The van der Waals surface area contributed by atoms with E-state index in [0.717, 1.165) is 32.2 Å². The highest BCUT2D eigenvalue weighted by Gasteiger charge is 2.26. The van der Waals surface area contributed by atoms with E-state index >= 15 is 0 Å².